The van der Waals surface area contributed by atoms with Gasteiger partial charge in [0.25, 0.3) is 0 Å². The van der Waals surface area contributed by atoms with Crippen LogP contribution in [0, 0.1) is 6.92 Å². The first kappa shape index (κ1) is 18.1. The summed E-state index contributed by atoms with van der Waals surface area (Å²) in [5.41, 5.74) is 1.14. The lowest BCUT2D eigenvalue weighted by molar-refractivity contribution is -0.138. The zero-order valence-electron chi connectivity index (χ0n) is 13.7. The molecule has 0 radical (unpaired) electrons. The van der Waals surface area contributed by atoms with E-state index >= 15 is 0 Å². The van der Waals surface area contributed by atoms with Crippen molar-refractivity contribution in [3.05, 3.63) is 76.3 Å². The number of aryl methyl sites for hydroxylation is 1. The van der Waals surface area contributed by atoms with Crippen LogP contribution < -0.4 is 0 Å². The zero-order chi connectivity index (χ0) is 18.7. The molecule has 0 saturated heterocycles. The minimum Gasteiger partial charge on any atom is -0.456 e. The van der Waals surface area contributed by atoms with Gasteiger partial charge < -0.3 is 4.74 Å². The number of hydrogen-bond donors (Lipinski definition) is 0. The molecule has 0 atom stereocenters. The highest BCUT2D eigenvalue weighted by molar-refractivity contribution is 7.13. The second-order valence-corrected chi connectivity index (χ2v) is 6.49. The largest absolute Gasteiger partial charge is 0.456 e. The van der Waals surface area contributed by atoms with Crippen LogP contribution in [-0.4, -0.2) is 11.0 Å². The number of carbonyl (C=O) groups is 1. The van der Waals surface area contributed by atoms with Crippen molar-refractivity contribution < 1.29 is 22.7 Å². The summed E-state index contributed by atoms with van der Waals surface area (Å²) in [5.74, 6) is -0.753. The molecule has 0 saturated carbocycles. The van der Waals surface area contributed by atoms with Gasteiger partial charge in [-0.3, -0.25) is 0 Å². The molecule has 0 spiro atoms. The fraction of sp³-hybridized carbons (Fsp3) is 0.158. The van der Waals surface area contributed by atoms with Crippen molar-refractivity contribution in [2.45, 2.75) is 19.7 Å². The Morgan fingerprint density at radius 1 is 1.12 bits per heavy atom. The molecule has 0 aliphatic rings. The zero-order valence-corrected chi connectivity index (χ0v) is 14.5. The van der Waals surface area contributed by atoms with Gasteiger partial charge in [-0.1, -0.05) is 48.0 Å². The van der Waals surface area contributed by atoms with Crippen molar-refractivity contribution in [3.8, 4) is 10.6 Å². The number of halogens is 3. The minimum absolute atomic E-state index is 0.0788. The summed E-state index contributed by atoms with van der Waals surface area (Å²) in [6.07, 6.45) is -4.50. The van der Waals surface area contributed by atoms with Crippen LogP contribution in [0.3, 0.4) is 0 Å². The number of ether oxygens (including phenoxy) is 1. The molecule has 0 fully saturated rings. The van der Waals surface area contributed by atoms with Crippen molar-refractivity contribution in [1.82, 2.24) is 4.98 Å². The first-order chi connectivity index (χ1) is 12.3. The van der Waals surface area contributed by atoms with Crippen LogP contribution in [0.1, 0.15) is 27.2 Å². The van der Waals surface area contributed by atoms with Gasteiger partial charge in [0.1, 0.15) is 11.6 Å². The lowest BCUT2D eigenvalue weighted by Crippen LogP contribution is -2.12. The summed E-state index contributed by atoms with van der Waals surface area (Å²) >= 11 is 1.27. The van der Waals surface area contributed by atoms with Crippen molar-refractivity contribution in [2.24, 2.45) is 0 Å². The number of carbonyl (C=O) groups excluding carboxylic acids is 1. The highest BCUT2D eigenvalue weighted by Gasteiger charge is 2.33. The minimum atomic E-state index is -4.50. The summed E-state index contributed by atoms with van der Waals surface area (Å²) in [5, 5.41) is 2.18. The maximum Gasteiger partial charge on any atom is 0.416 e. The van der Waals surface area contributed by atoms with E-state index in [0.29, 0.717) is 5.01 Å². The molecule has 0 bridgehead atoms. The van der Waals surface area contributed by atoms with Crippen LogP contribution in [0.5, 0.6) is 0 Å². The van der Waals surface area contributed by atoms with Gasteiger partial charge in [0.15, 0.2) is 5.69 Å². The predicted molar refractivity (Wildman–Crippen MR) is 92.9 cm³/mol. The van der Waals surface area contributed by atoms with Crippen molar-refractivity contribution in [3.63, 3.8) is 0 Å². The van der Waals surface area contributed by atoms with Crippen LogP contribution in [0.4, 0.5) is 13.2 Å². The number of esters is 1. The molecule has 0 amide bonds. The van der Waals surface area contributed by atoms with Crippen molar-refractivity contribution >= 4 is 17.3 Å². The fourth-order valence-electron chi connectivity index (χ4n) is 2.34. The number of hydrogen-bond acceptors (Lipinski definition) is 4. The van der Waals surface area contributed by atoms with Crippen LogP contribution in [-0.2, 0) is 17.5 Å². The average Bonchev–Trinajstić information content (AvgIpc) is 3.10. The number of nitrogens with zero attached hydrogens (tertiary/aromatic N) is 1. The van der Waals surface area contributed by atoms with Gasteiger partial charge in [-0.05, 0) is 13.0 Å². The number of thiazole rings is 1. The van der Waals surface area contributed by atoms with E-state index in [4.69, 9.17) is 4.74 Å². The van der Waals surface area contributed by atoms with Gasteiger partial charge in [0.05, 0.1) is 5.56 Å². The van der Waals surface area contributed by atoms with E-state index in [-0.39, 0.29) is 11.3 Å². The van der Waals surface area contributed by atoms with Crippen LogP contribution in [0.15, 0.2) is 53.9 Å². The molecule has 0 unspecified atom stereocenters. The highest BCUT2D eigenvalue weighted by Crippen LogP contribution is 2.32. The summed E-state index contributed by atoms with van der Waals surface area (Å²) in [6.45, 7) is 1.50. The molecule has 3 nitrogen and oxygen atoms in total. The first-order valence-corrected chi connectivity index (χ1v) is 8.57. The molecule has 0 N–H and O–H groups in total. The third-order valence-electron chi connectivity index (χ3n) is 3.69. The van der Waals surface area contributed by atoms with E-state index in [1.54, 1.807) is 0 Å². The Labute approximate surface area is 152 Å². The molecule has 3 aromatic rings. The normalized spacial score (nSPS) is 11.4. The van der Waals surface area contributed by atoms with E-state index in [2.05, 4.69) is 4.98 Å². The van der Waals surface area contributed by atoms with E-state index in [0.717, 1.165) is 17.2 Å². The maximum absolute atomic E-state index is 13.0. The Morgan fingerprint density at radius 3 is 2.50 bits per heavy atom. The number of aromatic nitrogens is 1. The van der Waals surface area contributed by atoms with Gasteiger partial charge in [-0.15, -0.1) is 11.3 Å². The Hall–Kier alpha value is -2.67. The summed E-state index contributed by atoms with van der Waals surface area (Å²) < 4.78 is 43.9. The van der Waals surface area contributed by atoms with Gasteiger partial charge in [0, 0.05) is 16.5 Å². The second-order valence-electron chi connectivity index (χ2n) is 5.63. The molecule has 0 aliphatic heterocycles. The number of benzene rings is 2. The second kappa shape index (κ2) is 7.29. The SMILES string of the molecule is Cc1ccc(-c2nc(C(=O)OCc3ccccc3C(F)(F)F)cs2)cc1. The van der Waals surface area contributed by atoms with E-state index in [1.807, 2.05) is 31.2 Å². The van der Waals surface area contributed by atoms with Gasteiger partial charge >= 0.3 is 12.1 Å². The third kappa shape index (κ3) is 4.11. The van der Waals surface area contributed by atoms with Crippen molar-refractivity contribution in [2.75, 3.05) is 0 Å². The number of rotatable bonds is 4. The smallest absolute Gasteiger partial charge is 0.416 e. The lowest BCUT2D eigenvalue weighted by atomic mass is 10.1. The first-order valence-electron chi connectivity index (χ1n) is 7.69. The molecular weight excluding hydrogens is 363 g/mol. The molecule has 1 aromatic heterocycles. The molecule has 0 aliphatic carbocycles. The molecule has 26 heavy (non-hydrogen) atoms. The molecule has 1 heterocycles. The quantitative estimate of drug-likeness (QED) is 0.564. The molecule has 7 heteroatoms. The maximum atomic E-state index is 13.0. The Morgan fingerprint density at radius 2 is 1.81 bits per heavy atom. The number of alkyl halides is 3. The van der Waals surface area contributed by atoms with E-state index in [1.165, 1.54) is 34.9 Å². The van der Waals surface area contributed by atoms with Gasteiger partial charge in [-0.2, -0.15) is 13.2 Å². The van der Waals surface area contributed by atoms with Gasteiger partial charge in [0.2, 0.25) is 0 Å². The standard InChI is InChI=1S/C19H14F3NO2S/c1-12-6-8-13(9-7-12)17-23-16(11-26-17)18(24)25-10-14-4-2-3-5-15(14)19(20,21)22/h2-9,11H,10H2,1H3. The van der Waals surface area contributed by atoms with Gasteiger partial charge in [-0.25, -0.2) is 9.78 Å². The Kier molecular flexibility index (Phi) is 5.08. The Balaban J connectivity index is 1.71. The Bertz CT molecular complexity index is 917. The summed E-state index contributed by atoms with van der Waals surface area (Å²) in [4.78, 5) is 16.3. The van der Waals surface area contributed by atoms with Crippen LogP contribution in [0.25, 0.3) is 10.6 Å². The van der Waals surface area contributed by atoms with Crippen molar-refractivity contribution in [1.29, 1.82) is 0 Å². The third-order valence-corrected chi connectivity index (χ3v) is 4.58. The van der Waals surface area contributed by atoms with E-state index in [9.17, 15) is 18.0 Å². The molecule has 134 valence electrons. The topological polar surface area (TPSA) is 39.2 Å². The highest BCUT2D eigenvalue weighted by atomic mass is 32.1. The van der Waals surface area contributed by atoms with Crippen LogP contribution in [0.2, 0.25) is 0 Å². The predicted octanol–water partition coefficient (Wildman–Crippen LogP) is 5.49. The average molecular weight is 377 g/mol. The molecule has 2 aromatic carbocycles. The molecule has 3 rings (SSSR count). The fourth-order valence-corrected chi connectivity index (χ4v) is 3.13. The summed E-state index contributed by atoms with van der Waals surface area (Å²) in [6, 6.07) is 12.7. The molecular formula is C19H14F3NO2S. The van der Waals surface area contributed by atoms with E-state index < -0.39 is 24.3 Å². The lowest BCUT2D eigenvalue weighted by Gasteiger charge is -2.12. The van der Waals surface area contributed by atoms with Crippen LogP contribution >= 0.6 is 11.3 Å². The summed E-state index contributed by atoms with van der Waals surface area (Å²) in [7, 11) is 0. The monoisotopic (exact) mass is 377 g/mol.